The quantitative estimate of drug-likeness (QED) is 0.184. The highest BCUT2D eigenvalue weighted by molar-refractivity contribution is 5.87. The minimum atomic E-state index is -0.333. The molecule has 1 aromatic heterocycles. The van der Waals surface area contributed by atoms with E-state index in [1.54, 1.807) is 0 Å². The molecule has 54 heavy (non-hydrogen) atoms. The molecular formula is C50H37N3O. The maximum Gasteiger partial charge on any atom is 0.164 e. The predicted octanol–water partition coefficient (Wildman–Crippen LogP) is 11.4. The van der Waals surface area contributed by atoms with Gasteiger partial charge in [-0.25, -0.2) is 15.0 Å². The van der Waals surface area contributed by atoms with Crippen LogP contribution in [0.5, 0.6) is 0 Å². The molecule has 4 nitrogen and oxygen atoms in total. The Hall–Kier alpha value is -6.39. The van der Waals surface area contributed by atoms with E-state index in [-0.39, 0.29) is 17.4 Å². The van der Waals surface area contributed by atoms with Gasteiger partial charge in [0, 0.05) is 28.2 Å². The van der Waals surface area contributed by atoms with Crippen molar-refractivity contribution in [3.63, 3.8) is 0 Å². The van der Waals surface area contributed by atoms with Gasteiger partial charge in [0.25, 0.3) is 0 Å². The van der Waals surface area contributed by atoms with Crippen LogP contribution in [0.1, 0.15) is 47.1 Å². The lowest BCUT2D eigenvalue weighted by Crippen LogP contribution is -2.48. The molecule has 1 spiro atoms. The van der Waals surface area contributed by atoms with Gasteiger partial charge in [-0.3, -0.25) is 0 Å². The number of nitrogens with zero attached hydrogens (tertiary/aromatic N) is 3. The van der Waals surface area contributed by atoms with E-state index in [0.717, 1.165) is 53.7 Å². The van der Waals surface area contributed by atoms with Crippen LogP contribution in [0.25, 0.3) is 56.9 Å². The van der Waals surface area contributed by atoms with Gasteiger partial charge < -0.3 is 4.74 Å². The molecule has 4 aliphatic carbocycles. The number of benzene rings is 5. The van der Waals surface area contributed by atoms with E-state index in [0.29, 0.717) is 17.5 Å². The summed E-state index contributed by atoms with van der Waals surface area (Å²) in [6, 6.07) is 43.5. The maximum atomic E-state index is 6.83. The normalized spacial score (nSPS) is 19.7. The molecule has 4 heteroatoms. The zero-order valence-electron chi connectivity index (χ0n) is 29.8. The Balaban J connectivity index is 1.00. The second-order valence-electron chi connectivity index (χ2n) is 14.9. The van der Waals surface area contributed by atoms with Gasteiger partial charge in [0.2, 0.25) is 0 Å². The molecule has 0 saturated carbocycles. The number of ether oxygens (including phenoxy) is 1. The summed E-state index contributed by atoms with van der Waals surface area (Å²) < 4.78 is 6.83. The third-order valence-electron chi connectivity index (χ3n) is 11.9. The summed E-state index contributed by atoms with van der Waals surface area (Å²) in [6.07, 6.45) is 20.3. The average molecular weight is 696 g/mol. The smallest absolute Gasteiger partial charge is 0.164 e. The number of allylic oxidation sites excluding steroid dienone is 6. The van der Waals surface area contributed by atoms with Crippen molar-refractivity contribution < 1.29 is 4.74 Å². The summed E-state index contributed by atoms with van der Waals surface area (Å²) in [5, 5.41) is 0. The van der Waals surface area contributed by atoms with Crippen molar-refractivity contribution in [3.05, 3.63) is 197 Å². The lowest BCUT2D eigenvalue weighted by molar-refractivity contribution is 0.0685. The highest BCUT2D eigenvalue weighted by Gasteiger charge is 2.57. The van der Waals surface area contributed by atoms with E-state index < -0.39 is 0 Å². The van der Waals surface area contributed by atoms with Gasteiger partial charge in [-0.15, -0.1) is 0 Å². The predicted molar refractivity (Wildman–Crippen MR) is 217 cm³/mol. The molecule has 0 amide bonds. The minimum absolute atomic E-state index is 0.0760. The Bertz CT molecular complexity index is 2600. The van der Waals surface area contributed by atoms with Crippen LogP contribution >= 0.6 is 0 Å². The Morgan fingerprint density at radius 3 is 1.96 bits per heavy atom. The average Bonchev–Trinajstić information content (AvgIpc) is 3.54. The summed E-state index contributed by atoms with van der Waals surface area (Å²) in [5.74, 6) is 3.13. The van der Waals surface area contributed by atoms with Crippen LogP contribution in [0.3, 0.4) is 0 Å². The van der Waals surface area contributed by atoms with Crippen LogP contribution < -0.4 is 0 Å². The van der Waals surface area contributed by atoms with Gasteiger partial charge in [0.05, 0.1) is 5.41 Å². The molecule has 1 aliphatic heterocycles. The Morgan fingerprint density at radius 1 is 0.574 bits per heavy atom. The molecule has 5 aliphatic rings. The topological polar surface area (TPSA) is 47.9 Å². The van der Waals surface area contributed by atoms with E-state index in [2.05, 4.69) is 146 Å². The third kappa shape index (κ3) is 4.79. The first-order chi connectivity index (χ1) is 26.7. The summed E-state index contributed by atoms with van der Waals surface area (Å²) in [5.41, 5.74) is 14.2. The molecule has 1 fully saturated rings. The summed E-state index contributed by atoms with van der Waals surface area (Å²) in [7, 11) is 0. The highest BCUT2D eigenvalue weighted by atomic mass is 16.5. The number of aryl methyl sites for hydroxylation is 1. The van der Waals surface area contributed by atoms with Gasteiger partial charge >= 0.3 is 0 Å². The fourth-order valence-electron chi connectivity index (χ4n) is 9.43. The van der Waals surface area contributed by atoms with Crippen molar-refractivity contribution in [1.29, 1.82) is 0 Å². The minimum Gasteiger partial charge on any atom is -0.486 e. The molecule has 2 atom stereocenters. The number of rotatable bonds is 4. The maximum absolute atomic E-state index is 6.83. The standard InChI is InChI=1S/C50H37N3O/c1-2-13-34(14-3-1)47-51-48(53-49(52-47)38-27-24-32-12-4-5-15-36(32)30-38)35-25-22-33(23-26-35)37-28-29-46-44(31-37)50(43-20-10-11-21-45(43)54-46)41-18-8-6-16-39(41)40-17-7-9-19-42(40)50/h1-3,5-9,13-31,44,46H,4,10-12H2. The lowest BCUT2D eigenvalue weighted by atomic mass is 9.58. The van der Waals surface area contributed by atoms with Crippen LogP contribution in [0, 0.1) is 5.92 Å². The van der Waals surface area contributed by atoms with Crippen LogP contribution in [0.2, 0.25) is 0 Å². The largest absolute Gasteiger partial charge is 0.486 e. The van der Waals surface area contributed by atoms with Crippen molar-refractivity contribution in [2.24, 2.45) is 5.92 Å². The molecule has 0 bridgehead atoms. The van der Waals surface area contributed by atoms with Crippen LogP contribution in [-0.4, -0.2) is 21.1 Å². The van der Waals surface area contributed by atoms with Crippen LogP contribution in [0.4, 0.5) is 0 Å². The summed E-state index contributed by atoms with van der Waals surface area (Å²) in [4.78, 5) is 15.1. The van der Waals surface area contributed by atoms with E-state index in [9.17, 15) is 0 Å². The Labute approximate surface area is 315 Å². The monoisotopic (exact) mass is 695 g/mol. The third-order valence-corrected chi connectivity index (χ3v) is 11.9. The first kappa shape index (κ1) is 31.2. The molecular weight excluding hydrogens is 659 g/mol. The second-order valence-corrected chi connectivity index (χ2v) is 14.9. The van der Waals surface area contributed by atoms with Gasteiger partial charge in [-0.1, -0.05) is 146 Å². The zero-order valence-corrected chi connectivity index (χ0v) is 29.8. The summed E-state index contributed by atoms with van der Waals surface area (Å²) >= 11 is 0. The molecule has 5 aromatic carbocycles. The number of aromatic nitrogens is 3. The molecule has 1 saturated heterocycles. The number of hydrogen-bond donors (Lipinski definition) is 0. The fraction of sp³-hybridized carbons (Fsp3) is 0.140. The van der Waals surface area contributed by atoms with E-state index >= 15 is 0 Å². The van der Waals surface area contributed by atoms with E-state index in [1.165, 1.54) is 44.5 Å². The molecule has 11 rings (SSSR count). The molecule has 0 radical (unpaired) electrons. The fourth-order valence-corrected chi connectivity index (χ4v) is 9.43. The Morgan fingerprint density at radius 2 is 1.20 bits per heavy atom. The zero-order chi connectivity index (χ0) is 35.6. The first-order valence-electron chi connectivity index (χ1n) is 19.1. The Kier molecular flexibility index (Phi) is 7.13. The molecule has 0 N–H and O–H groups in total. The highest BCUT2D eigenvalue weighted by Crippen LogP contribution is 2.63. The number of hydrogen-bond acceptors (Lipinski definition) is 4. The van der Waals surface area contributed by atoms with Gasteiger partial charge in [0.15, 0.2) is 17.5 Å². The van der Waals surface area contributed by atoms with Crippen molar-refractivity contribution >= 4 is 11.6 Å². The van der Waals surface area contributed by atoms with Gasteiger partial charge in [-0.05, 0) is 88.4 Å². The molecule has 2 unspecified atom stereocenters. The molecule has 2 heterocycles. The van der Waals surface area contributed by atoms with Crippen molar-refractivity contribution in [1.82, 2.24) is 15.0 Å². The van der Waals surface area contributed by atoms with Crippen molar-refractivity contribution in [2.75, 3.05) is 0 Å². The first-order valence-corrected chi connectivity index (χ1v) is 19.1. The SMILES string of the molecule is C1=Cc2cc(-c3nc(-c4ccccc4)nc(-c4ccc(C5=CC6C(C=C5)OC5=CCCC=C5C65c6ccccc6-c6ccccc65)cc4)n3)ccc2CC1. The van der Waals surface area contributed by atoms with Crippen LogP contribution in [-0.2, 0) is 16.6 Å². The second kappa shape index (κ2) is 12.3. The van der Waals surface area contributed by atoms with Crippen molar-refractivity contribution in [2.45, 2.75) is 37.2 Å². The molecule has 258 valence electrons. The molecule has 6 aromatic rings. The van der Waals surface area contributed by atoms with Crippen molar-refractivity contribution in [3.8, 4) is 45.3 Å². The van der Waals surface area contributed by atoms with Gasteiger partial charge in [-0.2, -0.15) is 0 Å². The lowest BCUT2D eigenvalue weighted by Gasteiger charge is -2.50. The van der Waals surface area contributed by atoms with Crippen LogP contribution in [0.15, 0.2) is 169 Å². The summed E-state index contributed by atoms with van der Waals surface area (Å²) in [6.45, 7) is 0. The van der Waals surface area contributed by atoms with Gasteiger partial charge in [0.1, 0.15) is 11.9 Å². The number of fused-ring (bicyclic) bond motifs is 10. The van der Waals surface area contributed by atoms with E-state index in [1.807, 2.05) is 18.2 Å². The van der Waals surface area contributed by atoms with E-state index in [4.69, 9.17) is 19.7 Å².